The molecule has 0 atom stereocenters. The zero-order valence-corrected chi connectivity index (χ0v) is 20.1. The third-order valence-corrected chi connectivity index (χ3v) is 5.32. The van der Waals surface area contributed by atoms with Gasteiger partial charge in [-0.05, 0) is 43.7 Å². The normalized spacial score (nSPS) is 12.5. The number of fused-ring (bicyclic) bond motifs is 1. The molecule has 0 saturated carbocycles. The summed E-state index contributed by atoms with van der Waals surface area (Å²) in [5, 5.41) is 5.63. The van der Waals surface area contributed by atoms with Crippen LogP contribution in [0.1, 0.15) is 19.4 Å². The number of aliphatic imine (C=N–C) groups is 1. The number of nitrogens with two attached hydrogens (primary N) is 2. The van der Waals surface area contributed by atoms with E-state index in [1.807, 2.05) is 38.2 Å². The lowest BCUT2D eigenvalue weighted by molar-refractivity contribution is 0.321. The molecule has 0 aliphatic carbocycles. The van der Waals surface area contributed by atoms with Crippen LogP contribution in [0.25, 0.3) is 16.6 Å². The zero-order chi connectivity index (χ0) is 25.4. The highest BCUT2D eigenvalue weighted by molar-refractivity contribution is 5.88. The molecule has 0 unspecified atom stereocenters. The molecular formula is C26H32N8O. The first kappa shape index (κ1) is 25.3. The van der Waals surface area contributed by atoms with Crippen LogP contribution in [0.5, 0.6) is 0 Å². The second-order valence-electron chi connectivity index (χ2n) is 8.21. The quantitative estimate of drug-likeness (QED) is 0.147. The maximum absolute atomic E-state index is 11.8. The molecule has 0 aliphatic heterocycles. The van der Waals surface area contributed by atoms with Crippen molar-refractivity contribution in [3.8, 4) is 0 Å². The predicted molar refractivity (Wildman–Crippen MR) is 143 cm³/mol. The van der Waals surface area contributed by atoms with Crippen molar-refractivity contribution in [2.24, 2.45) is 16.6 Å². The number of nitrogens with one attached hydrogen (secondary N) is 2. The largest absolute Gasteiger partial charge is 0.398 e. The van der Waals surface area contributed by atoms with E-state index in [0.717, 1.165) is 16.6 Å². The summed E-state index contributed by atoms with van der Waals surface area (Å²) in [7, 11) is 0. The molecule has 3 rings (SSSR count). The molecule has 0 fully saturated rings. The molecule has 0 bridgehead atoms. The van der Waals surface area contributed by atoms with Gasteiger partial charge in [0.15, 0.2) is 0 Å². The fourth-order valence-electron chi connectivity index (χ4n) is 3.19. The van der Waals surface area contributed by atoms with Crippen molar-refractivity contribution >= 4 is 22.8 Å². The fourth-order valence-corrected chi connectivity index (χ4v) is 3.19. The van der Waals surface area contributed by atoms with Crippen LogP contribution in [0, 0.1) is 0 Å². The van der Waals surface area contributed by atoms with Gasteiger partial charge in [-0.25, -0.2) is 15.8 Å². The maximum Gasteiger partial charge on any atom is 0.250 e. The number of allylic oxidation sites excluding steroid dienone is 2. The first-order chi connectivity index (χ1) is 16.8. The van der Waals surface area contributed by atoms with Gasteiger partial charge < -0.3 is 25.6 Å². The van der Waals surface area contributed by atoms with Gasteiger partial charge >= 0.3 is 0 Å². The molecule has 3 heterocycles. The van der Waals surface area contributed by atoms with E-state index in [9.17, 15) is 4.79 Å². The SMILES string of the molecule is C=C(N=C/C=C(N)/C(=C/N(N)C(C)C)C(=C)c1cnc2[nH]ccc2c1)NCCn1ccccc1=O. The van der Waals surface area contributed by atoms with Crippen molar-refractivity contribution in [2.45, 2.75) is 26.4 Å². The Kier molecular flexibility index (Phi) is 8.42. The Hall–Kier alpha value is -4.37. The van der Waals surface area contributed by atoms with E-state index in [1.165, 1.54) is 6.07 Å². The minimum Gasteiger partial charge on any atom is -0.398 e. The van der Waals surface area contributed by atoms with Crippen LogP contribution in [-0.2, 0) is 6.54 Å². The average Bonchev–Trinajstić information content (AvgIpc) is 3.31. The monoisotopic (exact) mass is 472 g/mol. The van der Waals surface area contributed by atoms with Gasteiger partial charge in [0.1, 0.15) is 11.5 Å². The highest BCUT2D eigenvalue weighted by Crippen LogP contribution is 2.27. The molecule has 9 nitrogen and oxygen atoms in total. The van der Waals surface area contributed by atoms with Gasteiger partial charge in [-0.15, -0.1) is 0 Å². The highest BCUT2D eigenvalue weighted by Gasteiger charge is 2.12. The molecule has 6 N–H and O–H groups in total. The molecule has 182 valence electrons. The number of hydrogen-bond acceptors (Lipinski definition) is 7. The second kappa shape index (κ2) is 11.7. The smallest absolute Gasteiger partial charge is 0.250 e. The Morgan fingerprint density at radius 3 is 2.89 bits per heavy atom. The summed E-state index contributed by atoms with van der Waals surface area (Å²) in [4.78, 5) is 23.6. The first-order valence-electron chi connectivity index (χ1n) is 11.2. The number of hydrogen-bond donors (Lipinski definition) is 4. The van der Waals surface area contributed by atoms with E-state index in [4.69, 9.17) is 11.6 Å². The summed E-state index contributed by atoms with van der Waals surface area (Å²) >= 11 is 0. The lowest BCUT2D eigenvalue weighted by atomic mass is 9.98. The predicted octanol–water partition coefficient (Wildman–Crippen LogP) is 2.88. The molecular weight excluding hydrogens is 440 g/mol. The summed E-state index contributed by atoms with van der Waals surface area (Å²) in [6, 6.07) is 9.05. The topological polar surface area (TPSA) is 130 Å². The summed E-state index contributed by atoms with van der Waals surface area (Å²) in [6.45, 7) is 13.1. The van der Waals surface area contributed by atoms with E-state index in [0.29, 0.717) is 35.8 Å². The molecule has 0 aromatic carbocycles. The van der Waals surface area contributed by atoms with Gasteiger partial charge in [0, 0.05) is 78.4 Å². The Morgan fingerprint density at radius 1 is 1.34 bits per heavy atom. The van der Waals surface area contributed by atoms with Crippen LogP contribution < -0.4 is 22.5 Å². The van der Waals surface area contributed by atoms with Crippen LogP contribution in [0.15, 0.2) is 101 Å². The van der Waals surface area contributed by atoms with Crippen molar-refractivity contribution in [3.63, 3.8) is 0 Å². The Labute approximate surface area is 204 Å². The van der Waals surface area contributed by atoms with E-state index in [1.54, 1.807) is 46.5 Å². The number of rotatable bonds is 11. The molecule has 9 heteroatoms. The number of hydrazine groups is 1. The van der Waals surface area contributed by atoms with Crippen LogP contribution in [-0.4, -0.2) is 38.3 Å². The second-order valence-corrected chi connectivity index (χ2v) is 8.21. The van der Waals surface area contributed by atoms with E-state index in [-0.39, 0.29) is 11.6 Å². The van der Waals surface area contributed by atoms with Crippen molar-refractivity contribution in [2.75, 3.05) is 6.54 Å². The van der Waals surface area contributed by atoms with Gasteiger partial charge in [-0.3, -0.25) is 4.79 Å². The van der Waals surface area contributed by atoms with Crippen LogP contribution >= 0.6 is 0 Å². The zero-order valence-electron chi connectivity index (χ0n) is 20.1. The molecule has 35 heavy (non-hydrogen) atoms. The maximum atomic E-state index is 11.8. The molecule has 0 amide bonds. The van der Waals surface area contributed by atoms with E-state index >= 15 is 0 Å². The fraction of sp³-hybridized carbons (Fsp3) is 0.192. The molecule has 0 aliphatic rings. The summed E-state index contributed by atoms with van der Waals surface area (Å²) in [5.74, 6) is 6.62. The summed E-state index contributed by atoms with van der Waals surface area (Å²) < 4.78 is 1.61. The van der Waals surface area contributed by atoms with Crippen LogP contribution in [0.4, 0.5) is 0 Å². The Bertz CT molecular complexity index is 1340. The van der Waals surface area contributed by atoms with Crippen molar-refractivity contribution in [1.29, 1.82) is 0 Å². The van der Waals surface area contributed by atoms with Crippen molar-refractivity contribution in [3.05, 3.63) is 107 Å². The van der Waals surface area contributed by atoms with Gasteiger partial charge in [0.25, 0.3) is 5.56 Å². The standard InChI is InChI=1S/C26H32N8O/c1-18(2)34(28)17-23(19(3)22-15-21-8-10-31-26(21)32-16-22)24(27)9-11-29-20(4)30-12-14-33-13-6-5-7-25(33)35/h5-11,13,15-18,30H,3-4,12,14,27-28H2,1-2H3,(H,31,32)/b23-17+,24-9-,29-11?. The van der Waals surface area contributed by atoms with Crippen molar-refractivity contribution < 1.29 is 0 Å². The number of H-pyrrole nitrogens is 1. The Balaban J connectivity index is 1.72. The van der Waals surface area contributed by atoms with Gasteiger partial charge in [-0.2, -0.15) is 0 Å². The number of pyridine rings is 2. The number of aromatic amines is 1. The molecule has 0 spiro atoms. The number of aromatic nitrogens is 3. The van der Waals surface area contributed by atoms with E-state index < -0.39 is 0 Å². The number of nitrogens with zero attached hydrogens (tertiary/aromatic N) is 4. The summed E-state index contributed by atoms with van der Waals surface area (Å²) in [6.07, 6.45) is 10.3. The lowest BCUT2D eigenvalue weighted by Crippen LogP contribution is -2.33. The van der Waals surface area contributed by atoms with Gasteiger partial charge in [0.05, 0.1) is 0 Å². The van der Waals surface area contributed by atoms with Crippen molar-refractivity contribution in [1.82, 2.24) is 24.9 Å². The van der Waals surface area contributed by atoms with Crippen LogP contribution in [0.3, 0.4) is 0 Å². The first-order valence-corrected chi connectivity index (χ1v) is 11.2. The van der Waals surface area contributed by atoms with Gasteiger partial charge in [-0.1, -0.05) is 19.2 Å². The minimum absolute atomic E-state index is 0.0557. The third-order valence-electron chi connectivity index (χ3n) is 5.32. The highest BCUT2D eigenvalue weighted by atomic mass is 16.1. The minimum atomic E-state index is -0.0557. The van der Waals surface area contributed by atoms with E-state index in [2.05, 4.69) is 33.4 Å². The average molecular weight is 473 g/mol. The van der Waals surface area contributed by atoms with Gasteiger partial charge in [0.2, 0.25) is 0 Å². The molecule has 0 radical (unpaired) electrons. The molecule has 3 aromatic heterocycles. The molecule has 3 aromatic rings. The third kappa shape index (κ3) is 6.81. The Morgan fingerprint density at radius 2 is 2.14 bits per heavy atom. The lowest BCUT2D eigenvalue weighted by Gasteiger charge is -2.21. The molecule has 0 saturated heterocycles. The van der Waals surface area contributed by atoms with Crippen LogP contribution in [0.2, 0.25) is 0 Å². The summed E-state index contributed by atoms with van der Waals surface area (Å²) in [5.41, 5.74) is 9.77.